The largest absolute Gasteiger partial charge is 0.394 e. The summed E-state index contributed by atoms with van der Waals surface area (Å²) < 4.78 is 6.90. The first-order valence-corrected chi connectivity index (χ1v) is 14.9. The van der Waals surface area contributed by atoms with E-state index in [2.05, 4.69) is 6.92 Å². The first-order valence-electron chi connectivity index (χ1n) is 14.9. The Bertz CT molecular complexity index is 1170. The molecular weight excluding hydrogens is 506 g/mol. The van der Waals surface area contributed by atoms with Crippen LogP contribution in [0.4, 0.5) is 0 Å². The first kappa shape index (κ1) is 28.6. The fourth-order valence-electron chi connectivity index (χ4n) is 7.31. The maximum atomic E-state index is 14.6. The van der Waals surface area contributed by atoms with E-state index in [4.69, 9.17) is 4.74 Å². The number of amides is 3. The summed E-state index contributed by atoms with van der Waals surface area (Å²) in [6.45, 7) is 7.79. The monoisotopic (exact) mass is 549 g/mol. The molecule has 3 amide bonds. The Labute approximate surface area is 237 Å². The van der Waals surface area contributed by atoms with Crippen molar-refractivity contribution < 1.29 is 24.2 Å². The van der Waals surface area contributed by atoms with Gasteiger partial charge in [-0.25, -0.2) is 0 Å². The topological polar surface area (TPSA) is 90.4 Å². The fraction of sp³-hybridized carbons (Fsp3) is 0.594. The van der Waals surface area contributed by atoms with Gasteiger partial charge in [-0.15, -0.1) is 0 Å². The van der Waals surface area contributed by atoms with Crippen molar-refractivity contribution in [3.8, 4) is 0 Å². The Hall–Kier alpha value is -2.97. The number of fused-ring (bicyclic) bond motifs is 2. The maximum Gasteiger partial charge on any atom is 0.249 e. The van der Waals surface area contributed by atoms with Gasteiger partial charge in [0.25, 0.3) is 0 Å². The summed E-state index contributed by atoms with van der Waals surface area (Å²) in [6, 6.07) is 8.10. The maximum absolute atomic E-state index is 14.6. The number of rotatable bonds is 10. The number of nitrogens with zero attached hydrogens (tertiary/aromatic N) is 3. The molecule has 0 radical (unpaired) electrons. The van der Waals surface area contributed by atoms with Gasteiger partial charge in [0.05, 0.1) is 30.1 Å². The molecule has 1 aromatic rings. The van der Waals surface area contributed by atoms with Crippen LogP contribution in [0.1, 0.15) is 52.0 Å². The van der Waals surface area contributed by atoms with E-state index in [1.807, 2.05) is 73.4 Å². The zero-order chi connectivity index (χ0) is 28.5. The van der Waals surface area contributed by atoms with Gasteiger partial charge in [0.2, 0.25) is 17.7 Å². The molecule has 4 aliphatic heterocycles. The molecule has 1 spiro atoms. The van der Waals surface area contributed by atoms with Gasteiger partial charge in [0.15, 0.2) is 0 Å². The molecule has 5 rings (SSSR count). The fourth-order valence-corrected chi connectivity index (χ4v) is 7.31. The number of unbranched alkanes of at least 4 members (excludes halogenated alkanes) is 2. The molecule has 8 heteroatoms. The SMILES string of the molecule is CCCCCN1CC=C[C@]23O[C@@]4(C)C=CCN(CCC)C(=O)[C@H]4[C@H]2C(=O)N([C@@H](CO)Cc2ccccc2)C3C1=O. The predicted molar refractivity (Wildman–Crippen MR) is 152 cm³/mol. The highest BCUT2D eigenvalue weighted by molar-refractivity contribution is 6.00. The van der Waals surface area contributed by atoms with Crippen LogP contribution in [-0.4, -0.2) is 93.6 Å². The van der Waals surface area contributed by atoms with Crippen molar-refractivity contribution in [2.75, 3.05) is 32.8 Å². The van der Waals surface area contributed by atoms with E-state index in [1.165, 1.54) is 0 Å². The molecule has 8 nitrogen and oxygen atoms in total. The summed E-state index contributed by atoms with van der Waals surface area (Å²) in [6.07, 6.45) is 11.8. The minimum atomic E-state index is -1.30. The summed E-state index contributed by atoms with van der Waals surface area (Å²) in [5.74, 6) is -2.21. The van der Waals surface area contributed by atoms with Crippen LogP contribution in [0.25, 0.3) is 0 Å². The van der Waals surface area contributed by atoms with Gasteiger partial charge in [-0.05, 0) is 31.7 Å². The van der Waals surface area contributed by atoms with Crippen LogP contribution in [0.2, 0.25) is 0 Å². The van der Waals surface area contributed by atoms with Crippen LogP contribution >= 0.6 is 0 Å². The van der Waals surface area contributed by atoms with E-state index in [0.29, 0.717) is 32.6 Å². The van der Waals surface area contributed by atoms with Gasteiger partial charge in [-0.2, -0.15) is 0 Å². The van der Waals surface area contributed by atoms with Gasteiger partial charge in [0.1, 0.15) is 11.6 Å². The van der Waals surface area contributed by atoms with Crippen molar-refractivity contribution in [2.24, 2.45) is 11.8 Å². The van der Waals surface area contributed by atoms with Crippen molar-refractivity contribution in [1.82, 2.24) is 14.7 Å². The molecule has 1 N–H and O–H groups in total. The average Bonchev–Trinajstić information content (AvgIpc) is 3.23. The molecule has 40 heavy (non-hydrogen) atoms. The second kappa shape index (κ2) is 11.5. The number of benzene rings is 1. The smallest absolute Gasteiger partial charge is 0.249 e. The van der Waals surface area contributed by atoms with E-state index >= 15 is 0 Å². The standard InChI is InChI=1S/C32H43N3O5/c1-4-6-10-18-34-20-12-16-32-26(25-28(37)33(17-5-2)19-11-15-31(25,3)40-32)29(38)35(27(32)30(34)39)24(22-36)21-23-13-8-7-9-14-23/h7-9,11-16,24-27,36H,4-6,10,17-22H2,1-3H3/t24-,25-,26+,27?,31+,32+/m1/s1. The molecule has 2 fully saturated rings. The third-order valence-corrected chi connectivity index (χ3v) is 9.11. The molecule has 0 aliphatic carbocycles. The van der Waals surface area contributed by atoms with Crippen molar-refractivity contribution >= 4 is 17.7 Å². The number of ether oxygens (including phenoxy) is 1. The summed E-state index contributed by atoms with van der Waals surface area (Å²) in [5.41, 5.74) is -1.36. The minimum absolute atomic E-state index is 0.112. The number of hydrogen-bond acceptors (Lipinski definition) is 5. The Morgan fingerprint density at radius 2 is 1.60 bits per heavy atom. The van der Waals surface area contributed by atoms with Gasteiger partial charge >= 0.3 is 0 Å². The Morgan fingerprint density at radius 3 is 2.27 bits per heavy atom. The first-order chi connectivity index (χ1) is 19.3. The molecule has 2 saturated heterocycles. The van der Waals surface area contributed by atoms with Crippen molar-refractivity contribution in [1.29, 1.82) is 0 Å². The third kappa shape index (κ3) is 4.69. The molecule has 216 valence electrons. The van der Waals surface area contributed by atoms with Gasteiger partial charge in [-0.1, -0.05) is 81.3 Å². The summed E-state index contributed by atoms with van der Waals surface area (Å²) in [4.78, 5) is 48.3. The molecule has 4 heterocycles. The Morgan fingerprint density at radius 1 is 0.900 bits per heavy atom. The van der Waals surface area contributed by atoms with Crippen LogP contribution in [0.15, 0.2) is 54.6 Å². The number of aliphatic hydroxyl groups is 1. The molecular formula is C32H43N3O5. The lowest BCUT2D eigenvalue weighted by Gasteiger charge is -2.40. The van der Waals surface area contributed by atoms with Crippen LogP contribution in [-0.2, 0) is 25.5 Å². The summed E-state index contributed by atoms with van der Waals surface area (Å²) in [5, 5.41) is 10.6. The number of carbonyl (C=O) groups excluding carboxylic acids is 3. The third-order valence-electron chi connectivity index (χ3n) is 9.11. The van der Waals surface area contributed by atoms with Crippen molar-refractivity contribution in [3.05, 3.63) is 60.2 Å². The van der Waals surface area contributed by atoms with E-state index in [-0.39, 0.29) is 24.3 Å². The summed E-state index contributed by atoms with van der Waals surface area (Å²) in [7, 11) is 0. The lowest BCUT2D eigenvalue weighted by molar-refractivity contribution is -0.155. The van der Waals surface area contributed by atoms with Crippen LogP contribution in [0, 0.1) is 11.8 Å². The van der Waals surface area contributed by atoms with Crippen molar-refractivity contribution in [3.63, 3.8) is 0 Å². The number of likely N-dealkylation sites (tertiary alicyclic amines) is 1. The van der Waals surface area contributed by atoms with E-state index in [9.17, 15) is 19.5 Å². The van der Waals surface area contributed by atoms with Crippen LogP contribution in [0.5, 0.6) is 0 Å². The van der Waals surface area contributed by atoms with Crippen LogP contribution in [0.3, 0.4) is 0 Å². The molecule has 0 saturated carbocycles. The predicted octanol–water partition coefficient (Wildman–Crippen LogP) is 2.96. The second-order valence-electron chi connectivity index (χ2n) is 11.8. The van der Waals surface area contributed by atoms with E-state index in [1.54, 1.807) is 9.80 Å². The number of carbonyl (C=O) groups is 3. The minimum Gasteiger partial charge on any atom is -0.394 e. The van der Waals surface area contributed by atoms with E-state index in [0.717, 1.165) is 31.2 Å². The van der Waals surface area contributed by atoms with Gasteiger partial charge < -0.3 is 24.5 Å². The van der Waals surface area contributed by atoms with Crippen LogP contribution < -0.4 is 0 Å². The molecule has 1 unspecified atom stereocenters. The van der Waals surface area contributed by atoms with Gasteiger partial charge in [-0.3, -0.25) is 14.4 Å². The zero-order valence-corrected chi connectivity index (χ0v) is 24.0. The Balaban J connectivity index is 1.61. The molecule has 6 atom stereocenters. The second-order valence-corrected chi connectivity index (χ2v) is 11.8. The zero-order valence-electron chi connectivity index (χ0n) is 24.0. The highest BCUT2D eigenvalue weighted by Crippen LogP contribution is 2.58. The lowest BCUT2D eigenvalue weighted by atomic mass is 9.74. The molecule has 1 aromatic carbocycles. The van der Waals surface area contributed by atoms with Gasteiger partial charge in [0, 0.05) is 26.2 Å². The average molecular weight is 550 g/mol. The molecule has 0 bridgehead atoms. The molecule has 0 aromatic heterocycles. The summed E-state index contributed by atoms with van der Waals surface area (Å²) >= 11 is 0. The Kier molecular flexibility index (Phi) is 8.20. The lowest BCUT2D eigenvalue weighted by Crippen LogP contribution is -2.59. The highest BCUT2D eigenvalue weighted by atomic mass is 16.5. The van der Waals surface area contributed by atoms with E-state index < -0.39 is 35.1 Å². The quantitative estimate of drug-likeness (QED) is 0.358. The normalized spacial score (nSPS) is 32.1. The molecule has 4 aliphatic rings. The highest BCUT2D eigenvalue weighted by Gasteiger charge is 2.75. The van der Waals surface area contributed by atoms with Crippen molar-refractivity contribution in [2.45, 2.75) is 76.2 Å². The number of aliphatic hydroxyl groups excluding tert-OH is 1. The number of hydrogen-bond donors (Lipinski definition) is 1.